The number of hydrogen-bond donors (Lipinski definition) is 1. The number of hydrogen-bond acceptors (Lipinski definition) is 4. The van der Waals surface area contributed by atoms with Gasteiger partial charge in [0.25, 0.3) is 0 Å². The second kappa shape index (κ2) is 6.45. The number of halogens is 1. The maximum absolute atomic E-state index is 11.4. The third-order valence-electron chi connectivity index (χ3n) is 2.89. The van der Waals surface area contributed by atoms with Crippen molar-refractivity contribution in [2.75, 3.05) is 7.11 Å². The number of aromatic carboxylic acids is 1. The van der Waals surface area contributed by atoms with Crippen molar-refractivity contribution < 1.29 is 14.6 Å². The molecule has 0 saturated heterocycles. The lowest BCUT2D eigenvalue weighted by molar-refractivity contribution is 0.0700. The quantitative estimate of drug-likeness (QED) is 0.886. The molecule has 21 heavy (non-hydrogen) atoms. The van der Waals surface area contributed by atoms with Gasteiger partial charge in [-0.1, -0.05) is 25.4 Å². The van der Waals surface area contributed by atoms with Crippen molar-refractivity contribution in [2.24, 2.45) is 5.92 Å². The molecular formula is C15H16ClNO3S. The van der Waals surface area contributed by atoms with Crippen LogP contribution in [0.15, 0.2) is 18.2 Å². The topological polar surface area (TPSA) is 59.4 Å². The monoisotopic (exact) mass is 325 g/mol. The molecule has 0 aliphatic rings. The first-order valence-corrected chi connectivity index (χ1v) is 7.68. The molecule has 1 aromatic heterocycles. The van der Waals surface area contributed by atoms with Gasteiger partial charge >= 0.3 is 5.97 Å². The normalized spacial score (nSPS) is 10.9. The van der Waals surface area contributed by atoms with Crippen LogP contribution in [0.5, 0.6) is 5.75 Å². The molecule has 0 radical (unpaired) electrons. The van der Waals surface area contributed by atoms with Crippen LogP contribution in [0.3, 0.4) is 0 Å². The molecule has 0 aliphatic heterocycles. The third-order valence-corrected chi connectivity index (χ3v) is 4.24. The summed E-state index contributed by atoms with van der Waals surface area (Å²) < 4.78 is 5.31. The lowest BCUT2D eigenvalue weighted by Crippen LogP contribution is -2.02. The lowest BCUT2D eigenvalue weighted by Gasteiger charge is -2.06. The Hall–Kier alpha value is -1.59. The van der Waals surface area contributed by atoms with E-state index >= 15 is 0 Å². The zero-order valence-electron chi connectivity index (χ0n) is 12.0. The van der Waals surface area contributed by atoms with Crippen molar-refractivity contribution >= 4 is 28.9 Å². The fraction of sp³-hybridized carbons (Fsp3) is 0.333. The van der Waals surface area contributed by atoms with E-state index in [9.17, 15) is 9.90 Å². The van der Waals surface area contributed by atoms with Crippen molar-refractivity contribution in [3.63, 3.8) is 0 Å². The Labute approximate surface area is 132 Å². The van der Waals surface area contributed by atoms with Gasteiger partial charge in [-0.3, -0.25) is 0 Å². The summed E-state index contributed by atoms with van der Waals surface area (Å²) in [5.74, 6) is -0.0169. The molecule has 4 nitrogen and oxygen atoms in total. The summed E-state index contributed by atoms with van der Waals surface area (Å²) in [6.45, 7) is 4.07. The third kappa shape index (κ3) is 3.54. The number of rotatable bonds is 5. The summed E-state index contributed by atoms with van der Waals surface area (Å²) in [5, 5.41) is 10.5. The van der Waals surface area contributed by atoms with Crippen molar-refractivity contribution in [3.8, 4) is 16.3 Å². The second-order valence-corrected chi connectivity index (χ2v) is 6.48. The Morgan fingerprint density at radius 1 is 1.48 bits per heavy atom. The number of benzene rings is 1. The number of aromatic nitrogens is 1. The van der Waals surface area contributed by atoms with Gasteiger partial charge in [-0.2, -0.15) is 0 Å². The molecule has 0 saturated carbocycles. The van der Waals surface area contributed by atoms with Crippen LogP contribution in [0.2, 0.25) is 5.02 Å². The van der Waals surface area contributed by atoms with Gasteiger partial charge in [0.15, 0.2) is 0 Å². The van der Waals surface area contributed by atoms with E-state index in [0.29, 0.717) is 33.8 Å². The molecule has 0 spiro atoms. The highest BCUT2D eigenvalue weighted by Crippen LogP contribution is 2.36. The molecule has 0 unspecified atom stereocenters. The Morgan fingerprint density at radius 2 is 2.19 bits per heavy atom. The minimum Gasteiger partial charge on any atom is -0.496 e. The zero-order valence-corrected chi connectivity index (χ0v) is 13.6. The SMILES string of the molecule is COc1cc(Cl)ccc1-c1nc(CC(C)C)c(C(=O)O)s1. The van der Waals surface area contributed by atoms with Crippen LogP contribution in [0.25, 0.3) is 10.6 Å². The van der Waals surface area contributed by atoms with E-state index in [1.807, 2.05) is 13.8 Å². The first kappa shape index (κ1) is 15.8. The summed E-state index contributed by atoms with van der Waals surface area (Å²) >= 11 is 7.11. The lowest BCUT2D eigenvalue weighted by atomic mass is 10.1. The van der Waals surface area contributed by atoms with Gasteiger partial charge in [-0.15, -0.1) is 11.3 Å². The molecular weight excluding hydrogens is 310 g/mol. The van der Waals surface area contributed by atoms with E-state index in [1.165, 1.54) is 0 Å². The highest BCUT2D eigenvalue weighted by atomic mass is 35.5. The molecule has 2 aromatic rings. The van der Waals surface area contributed by atoms with Crippen LogP contribution >= 0.6 is 22.9 Å². The average molecular weight is 326 g/mol. The predicted molar refractivity (Wildman–Crippen MR) is 84.6 cm³/mol. The molecule has 0 atom stereocenters. The fourth-order valence-electron chi connectivity index (χ4n) is 2.00. The summed E-state index contributed by atoms with van der Waals surface area (Å²) in [7, 11) is 1.55. The van der Waals surface area contributed by atoms with Gasteiger partial charge in [-0.05, 0) is 30.5 Å². The number of methoxy groups -OCH3 is 1. The van der Waals surface area contributed by atoms with Crippen molar-refractivity contribution in [3.05, 3.63) is 33.8 Å². The first-order chi connectivity index (χ1) is 9.92. The number of carbonyl (C=O) groups is 1. The zero-order chi connectivity index (χ0) is 15.6. The van der Waals surface area contributed by atoms with E-state index in [1.54, 1.807) is 25.3 Å². The molecule has 0 fully saturated rings. The molecule has 112 valence electrons. The number of thiazole rings is 1. The predicted octanol–water partition coefficient (Wildman–Crippen LogP) is 4.37. The van der Waals surface area contributed by atoms with Gasteiger partial charge in [-0.25, -0.2) is 9.78 Å². The molecule has 0 bridgehead atoms. The van der Waals surface area contributed by atoms with Crippen molar-refractivity contribution in [1.82, 2.24) is 4.98 Å². The Morgan fingerprint density at radius 3 is 2.76 bits per heavy atom. The fourth-order valence-corrected chi connectivity index (χ4v) is 3.12. The van der Waals surface area contributed by atoms with Crippen molar-refractivity contribution in [2.45, 2.75) is 20.3 Å². The minimum absolute atomic E-state index is 0.288. The van der Waals surface area contributed by atoms with Crippen LogP contribution < -0.4 is 4.74 Å². The van der Waals surface area contributed by atoms with E-state index in [4.69, 9.17) is 16.3 Å². The maximum Gasteiger partial charge on any atom is 0.347 e. The first-order valence-electron chi connectivity index (χ1n) is 6.49. The van der Waals surface area contributed by atoms with Crippen LogP contribution in [-0.2, 0) is 6.42 Å². The highest BCUT2D eigenvalue weighted by molar-refractivity contribution is 7.17. The summed E-state index contributed by atoms with van der Waals surface area (Å²) in [5.41, 5.74) is 1.37. The van der Waals surface area contributed by atoms with Crippen LogP contribution in [-0.4, -0.2) is 23.2 Å². The number of ether oxygens (including phenoxy) is 1. The smallest absolute Gasteiger partial charge is 0.347 e. The molecule has 0 amide bonds. The van der Waals surface area contributed by atoms with E-state index < -0.39 is 5.97 Å². The number of carboxylic acid groups (broad SMARTS) is 1. The van der Waals surface area contributed by atoms with E-state index in [2.05, 4.69) is 4.98 Å². The Kier molecular flexibility index (Phi) is 4.85. The standard InChI is InChI=1S/C15H16ClNO3S/c1-8(2)6-11-13(15(18)19)21-14(17-11)10-5-4-9(16)7-12(10)20-3/h4-5,7-8H,6H2,1-3H3,(H,18,19). The summed E-state index contributed by atoms with van der Waals surface area (Å²) in [6, 6.07) is 5.23. The molecule has 1 aromatic carbocycles. The Balaban J connectivity index is 2.52. The molecule has 2 rings (SSSR count). The maximum atomic E-state index is 11.4. The Bertz CT molecular complexity index is 667. The number of nitrogens with zero attached hydrogens (tertiary/aromatic N) is 1. The molecule has 1 N–H and O–H groups in total. The van der Waals surface area contributed by atoms with E-state index in [0.717, 1.165) is 16.9 Å². The van der Waals surface area contributed by atoms with Crippen molar-refractivity contribution in [1.29, 1.82) is 0 Å². The highest BCUT2D eigenvalue weighted by Gasteiger charge is 2.20. The number of carboxylic acids is 1. The summed E-state index contributed by atoms with van der Waals surface area (Å²) in [6.07, 6.45) is 0.633. The van der Waals surface area contributed by atoms with Gasteiger partial charge in [0, 0.05) is 5.02 Å². The second-order valence-electron chi connectivity index (χ2n) is 5.04. The average Bonchev–Trinajstić information content (AvgIpc) is 2.81. The van der Waals surface area contributed by atoms with Gasteiger partial charge in [0.05, 0.1) is 18.4 Å². The molecule has 6 heteroatoms. The van der Waals surface area contributed by atoms with Gasteiger partial charge in [0.2, 0.25) is 0 Å². The summed E-state index contributed by atoms with van der Waals surface area (Å²) in [4.78, 5) is 16.2. The van der Waals surface area contributed by atoms with Crippen LogP contribution in [0, 0.1) is 5.92 Å². The largest absolute Gasteiger partial charge is 0.496 e. The van der Waals surface area contributed by atoms with Gasteiger partial charge < -0.3 is 9.84 Å². The minimum atomic E-state index is -0.942. The van der Waals surface area contributed by atoms with Gasteiger partial charge in [0.1, 0.15) is 15.6 Å². The van der Waals surface area contributed by atoms with Crippen LogP contribution in [0.4, 0.5) is 0 Å². The molecule has 1 heterocycles. The molecule has 0 aliphatic carbocycles. The van der Waals surface area contributed by atoms with E-state index in [-0.39, 0.29) is 4.88 Å². The van der Waals surface area contributed by atoms with Crippen LogP contribution in [0.1, 0.15) is 29.2 Å².